The molecule has 3 saturated heterocycles. The summed E-state index contributed by atoms with van der Waals surface area (Å²) in [6, 6.07) is 8.43. The number of esters is 1. The number of likely N-dealkylation sites (tertiary alicyclic amines) is 1. The topological polar surface area (TPSA) is 42.0 Å². The van der Waals surface area contributed by atoms with E-state index in [9.17, 15) is 4.79 Å². The zero-order chi connectivity index (χ0) is 19.7. The Balaban J connectivity index is 1.25. The highest BCUT2D eigenvalue weighted by Gasteiger charge is 2.46. The number of rotatable bonds is 7. The van der Waals surface area contributed by atoms with Crippen LogP contribution in [0.15, 0.2) is 24.3 Å². The average molecular weight is 387 g/mol. The minimum Gasteiger partial charge on any atom is -0.497 e. The maximum atomic E-state index is 12.3. The maximum absolute atomic E-state index is 12.3. The molecule has 1 aromatic carbocycles. The molecule has 0 bridgehead atoms. The Labute approximate surface area is 169 Å². The fraction of sp³-hybridized carbons (Fsp3) is 0.696. The normalized spacial score (nSPS) is 29.2. The van der Waals surface area contributed by atoms with Gasteiger partial charge in [0.25, 0.3) is 0 Å². The Hall–Kier alpha value is -1.75. The van der Waals surface area contributed by atoms with Crippen molar-refractivity contribution < 1.29 is 14.3 Å². The molecule has 2 unspecified atom stereocenters. The number of ether oxygens (including phenoxy) is 2. The lowest BCUT2D eigenvalue weighted by atomic mass is 9.79. The van der Waals surface area contributed by atoms with Crippen molar-refractivity contribution in [2.24, 2.45) is 17.3 Å². The summed E-state index contributed by atoms with van der Waals surface area (Å²) in [6.07, 6.45) is 3.80. The van der Waals surface area contributed by atoms with E-state index in [1.807, 2.05) is 12.1 Å². The highest BCUT2D eigenvalue weighted by molar-refractivity contribution is 5.78. The van der Waals surface area contributed by atoms with E-state index in [4.69, 9.17) is 9.47 Å². The van der Waals surface area contributed by atoms with Gasteiger partial charge in [-0.2, -0.15) is 0 Å². The van der Waals surface area contributed by atoms with Gasteiger partial charge in [0.2, 0.25) is 0 Å². The molecule has 0 spiro atoms. The van der Waals surface area contributed by atoms with Crippen molar-refractivity contribution >= 4 is 11.7 Å². The molecule has 0 N–H and O–H groups in total. The van der Waals surface area contributed by atoms with Gasteiger partial charge in [0.1, 0.15) is 11.9 Å². The summed E-state index contributed by atoms with van der Waals surface area (Å²) >= 11 is 0. The number of benzene rings is 1. The zero-order valence-electron chi connectivity index (χ0n) is 17.5. The van der Waals surface area contributed by atoms with Crippen LogP contribution in [-0.2, 0) is 9.53 Å². The van der Waals surface area contributed by atoms with Gasteiger partial charge in [0.05, 0.1) is 12.5 Å². The van der Waals surface area contributed by atoms with Crippen LogP contribution >= 0.6 is 0 Å². The summed E-state index contributed by atoms with van der Waals surface area (Å²) in [5.74, 6) is 2.45. The van der Waals surface area contributed by atoms with E-state index in [1.54, 1.807) is 7.11 Å². The summed E-state index contributed by atoms with van der Waals surface area (Å²) in [5, 5.41) is 0. The van der Waals surface area contributed by atoms with Crippen molar-refractivity contribution in [3.05, 3.63) is 24.3 Å². The molecule has 0 saturated carbocycles. The fourth-order valence-corrected chi connectivity index (χ4v) is 5.43. The standard InChI is InChI=1S/C23H34N2O3/c1-4-23(5-2)12-21(28-22(23)26)10-11-24-13-17-15-25(16-18(17)14-24)19-6-8-20(27-3)9-7-19/h6-9,17-18,21H,4-5,10-16H2,1-3H3/t17?,18?,21-/m1/s1. The molecule has 5 heteroatoms. The van der Waals surface area contributed by atoms with Gasteiger partial charge in [-0.15, -0.1) is 0 Å². The van der Waals surface area contributed by atoms with Crippen molar-refractivity contribution in [1.29, 1.82) is 0 Å². The summed E-state index contributed by atoms with van der Waals surface area (Å²) in [7, 11) is 1.71. The fourth-order valence-electron chi connectivity index (χ4n) is 5.43. The van der Waals surface area contributed by atoms with E-state index in [0.717, 1.165) is 62.9 Å². The number of carbonyl (C=O) groups excluding carboxylic acids is 1. The van der Waals surface area contributed by atoms with Crippen molar-refractivity contribution in [2.45, 2.75) is 45.6 Å². The van der Waals surface area contributed by atoms with Gasteiger partial charge in [-0.05, 0) is 55.4 Å². The van der Waals surface area contributed by atoms with Crippen LogP contribution in [0, 0.1) is 17.3 Å². The number of hydrogen-bond donors (Lipinski definition) is 0. The molecule has 3 aliphatic rings. The second-order valence-electron chi connectivity index (χ2n) is 8.89. The van der Waals surface area contributed by atoms with Gasteiger partial charge in [-0.1, -0.05) is 13.8 Å². The van der Waals surface area contributed by atoms with Crippen molar-refractivity contribution in [3.63, 3.8) is 0 Å². The first-order valence-electron chi connectivity index (χ1n) is 10.9. The van der Waals surface area contributed by atoms with Crippen LogP contribution in [0.4, 0.5) is 5.69 Å². The molecule has 4 rings (SSSR count). The monoisotopic (exact) mass is 386 g/mol. The largest absolute Gasteiger partial charge is 0.497 e. The van der Waals surface area contributed by atoms with E-state index in [1.165, 1.54) is 18.8 Å². The van der Waals surface area contributed by atoms with Gasteiger partial charge in [-0.3, -0.25) is 4.79 Å². The van der Waals surface area contributed by atoms with E-state index in [0.29, 0.717) is 0 Å². The molecule has 3 fully saturated rings. The first-order valence-corrected chi connectivity index (χ1v) is 10.9. The third-order valence-electron chi connectivity index (χ3n) is 7.45. The number of cyclic esters (lactones) is 1. The molecule has 0 aliphatic carbocycles. The van der Waals surface area contributed by atoms with Crippen molar-refractivity contribution in [3.8, 4) is 5.75 Å². The van der Waals surface area contributed by atoms with Crippen LogP contribution < -0.4 is 9.64 Å². The molecule has 1 aromatic rings. The lowest BCUT2D eigenvalue weighted by molar-refractivity contribution is -0.149. The molecule has 5 nitrogen and oxygen atoms in total. The number of nitrogens with zero attached hydrogens (tertiary/aromatic N) is 2. The number of carbonyl (C=O) groups is 1. The van der Waals surface area contributed by atoms with Crippen LogP contribution in [0.3, 0.4) is 0 Å². The Bertz CT molecular complexity index is 672. The van der Waals surface area contributed by atoms with Gasteiger partial charge in [0, 0.05) is 44.8 Å². The highest BCUT2D eigenvalue weighted by atomic mass is 16.6. The van der Waals surface area contributed by atoms with Gasteiger partial charge in [0.15, 0.2) is 0 Å². The smallest absolute Gasteiger partial charge is 0.312 e. The second-order valence-corrected chi connectivity index (χ2v) is 8.89. The predicted molar refractivity (Wildman–Crippen MR) is 111 cm³/mol. The first kappa shape index (κ1) is 19.6. The van der Waals surface area contributed by atoms with E-state index < -0.39 is 0 Å². The van der Waals surface area contributed by atoms with Gasteiger partial charge in [-0.25, -0.2) is 0 Å². The number of methoxy groups -OCH3 is 1. The summed E-state index contributed by atoms with van der Waals surface area (Å²) in [6.45, 7) is 9.90. The van der Waals surface area contributed by atoms with Gasteiger partial charge < -0.3 is 19.3 Å². The molecular formula is C23H34N2O3. The average Bonchev–Trinajstić information content (AvgIpc) is 3.37. The molecular weight excluding hydrogens is 352 g/mol. The molecule has 3 heterocycles. The maximum Gasteiger partial charge on any atom is 0.312 e. The van der Waals surface area contributed by atoms with E-state index in [-0.39, 0.29) is 17.5 Å². The quantitative estimate of drug-likeness (QED) is 0.670. The number of hydrogen-bond acceptors (Lipinski definition) is 5. The third kappa shape index (κ3) is 3.61. The van der Waals surface area contributed by atoms with Crippen LogP contribution in [0.2, 0.25) is 0 Å². The summed E-state index contributed by atoms with van der Waals surface area (Å²) in [4.78, 5) is 17.4. The predicted octanol–water partition coefficient (Wildman–Crippen LogP) is 3.58. The Morgan fingerprint density at radius 1 is 1.07 bits per heavy atom. The number of anilines is 1. The Kier molecular flexibility index (Phi) is 5.55. The highest BCUT2D eigenvalue weighted by Crippen LogP contribution is 2.41. The Morgan fingerprint density at radius 3 is 2.25 bits per heavy atom. The first-order chi connectivity index (χ1) is 13.6. The molecule has 28 heavy (non-hydrogen) atoms. The SMILES string of the molecule is CCC1(CC)C[C@@H](CCN2CC3CN(c4ccc(OC)cc4)CC3C2)OC1=O. The summed E-state index contributed by atoms with van der Waals surface area (Å²) in [5.41, 5.74) is 1.08. The molecule has 0 amide bonds. The lowest BCUT2D eigenvalue weighted by Gasteiger charge is -2.24. The zero-order valence-corrected chi connectivity index (χ0v) is 17.5. The third-order valence-corrected chi connectivity index (χ3v) is 7.45. The molecule has 0 aromatic heterocycles. The minimum atomic E-state index is -0.217. The van der Waals surface area contributed by atoms with Crippen LogP contribution in [-0.4, -0.2) is 56.8 Å². The van der Waals surface area contributed by atoms with Crippen molar-refractivity contribution in [2.75, 3.05) is 44.7 Å². The van der Waals surface area contributed by atoms with Crippen LogP contribution in [0.5, 0.6) is 5.75 Å². The molecule has 0 radical (unpaired) electrons. The van der Waals surface area contributed by atoms with Crippen LogP contribution in [0.25, 0.3) is 0 Å². The van der Waals surface area contributed by atoms with Gasteiger partial charge >= 0.3 is 5.97 Å². The lowest BCUT2D eigenvalue weighted by Crippen LogP contribution is -2.30. The van der Waals surface area contributed by atoms with E-state index in [2.05, 4.69) is 35.8 Å². The number of fused-ring (bicyclic) bond motifs is 1. The van der Waals surface area contributed by atoms with Crippen molar-refractivity contribution in [1.82, 2.24) is 4.90 Å². The Morgan fingerprint density at radius 2 is 1.71 bits per heavy atom. The molecule has 154 valence electrons. The van der Waals surface area contributed by atoms with Crippen LogP contribution in [0.1, 0.15) is 39.5 Å². The second kappa shape index (κ2) is 7.94. The molecule has 3 aliphatic heterocycles. The summed E-state index contributed by atoms with van der Waals surface area (Å²) < 4.78 is 11.0. The molecule has 3 atom stereocenters. The minimum absolute atomic E-state index is 0.0379. The van der Waals surface area contributed by atoms with E-state index >= 15 is 0 Å².